The summed E-state index contributed by atoms with van der Waals surface area (Å²) in [7, 11) is 0. The number of benzene rings is 2. The van der Waals surface area contributed by atoms with Gasteiger partial charge in [0.15, 0.2) is 0 Å². The van der Waals surface area contributed by atoms with Gasteiger partial charge in [0.1, 0.15) is 25.3 Å². The lowest BCUT2D eigenvalue weighted by molar-refractivity contribution is 0.168. The molecule has 2 aliphatic heterocycles. The normalized spacial score (nSPS) is 23.5. The van der Waals surface area contributed by atoms with Crippen molar-refractivity contribution < 1.29 is 9.47 Å². The lowest BCUT2D eigenvalue weighted by Crippen LogP contribution is -2.42. The van der Waals surface area contributed by atoms with E-state index in [2.05, 4.69) is 9.98 Å². The molecule has 22 heavy (non-hydrogen) atoms. The number of hydrogen-bond acceptors (Lipinski definition) is 4. The zero-order valence-electron chi connectivity index (χ0n) is 12.1. The van der Waals surface area contributed by atoms with Gasteiger partial charge in [0.2, 0.25) is 11.8 Å². The van der Waals surface area contributed by atoms with Crippen molar-refractivity contribution in [2.45, 2.75) is 12.1 Å². The summed E-state index contributed by atoms with van der Waals surface area (Å²) >= 11 is 0. The molecule has 0 radical (unpaired) electrons. The molecule has 4 heteroatoms. The van der Waals surface area contributed by atoms with Gasteiger partial charge in [0.05, 0.1) is 0 Å². The fraction of sp³-hybridized carbons (Fsp3) is 0.222. The Labute approximate surface area is 129 Å². The highest BCUT2D eigenvalue weighted by atomic mass is 16.5. The number of hydrogen-bond donors (Lipinski definition) is 0. The van der Waals surface area contributed by atoms with Crippen molar-refractivity contribution in [1.29, 1.82) is 0 Å². The molecular weight excluding hydrogens is 276 g/mol. The molecular formula is C18H16N2O2. The Hall–Kier alpha value is -2.62. The third kappa shape index (κ3) is 2.48. The second-order valence-electron chi connectivity index (χ2n) is 5.36. The van der Waals surface area contributed by atoms with Crippen LogP contribution in [0.15, 0.2) is 70.6 Å². The van der Waals surface area contributed by atoms with Crippen LogP contribution >= 0.6 is 0 Å². The van der Waals surface area contributed by atoms with Crippen molar-refractivity contribution in [2.24, 2.45) is 9.98 Å². The van der Waals surface area contributed by atoms with E-state index in [0.29, 0.717) is 25.0 Å². The van der Waals surface area contributed by atoms with Crippen LogP contribution in [0.2, 0.25) is 0 Å². The fourth-order valence-electron chi connectivity index (χ4n) is 2.65. The summed E-state index contributed by atoms with van der Waals surface area (Å²) in [4.78, 5) is 9.33. The molecule has 2 aromatic rings. The standard InChI is InChI=1S/C18H16N2O2/c1-3-7-13(8-4-1)17-19-15-12-22-18(20-16(15)11-21-17)14-9-5-2-6-10-14/h1-10,15-16H,11-12H2/t15-,16-/m1/s1. The molecule has 4 nitrogen and oxygen atoms in total. The quantitative estimate of drug-likeness (QED) is 0.854. The smallest absolute Gasteiger partial charge is 0.216 e. The van der Waals surface area contributed by atoms with Crippen LogP contribution in [0.1, 0.15) is 11.1 Å². The van der Waals surface area contributed by atoms with Crippen molar-refractivity contribution in [1.82, 2.24) is 0 Å². The van der Waals surface area contributed by atoms with Gasteiger partial charge in [-0.2, -0.15) is 0 Å². The highest BCUT2D eigenvalue weighted by molar-refractivity contribution is 5.96. The van der Waals surface area contributed by atoms with Crippen LogP contribution in [-0.2, 0) is 9.47 Å². The van der Waals surface area contributed by atoms with Crippen LogP contribution in [0, 0.1) is 0 Å². The monoisotopic (exact) mass is 292 g/mol. The van der Waals surface area contributed by atoms with Gasteiger partial charge in [-0.1, -0.05) is 36.4 Å². The van der Waals surface area contributed by atoms with E-state index in [1.165, 1.54) is 0 Å². The summed E-state index contributed by atoms with van der Waals surface area (Å²) in [6.07, 6.45) is 0. The molecule has 2 aliphatic rings. The highest BCUT2D eigenvalue weighted by Crippen LogP contribution is 2.21. The number of rotatable bonds is 2. The molecule has 0 aliphatic carbocycles. The van der Waals surface area contributed by atoms with Crippen molar-refractivity contribution in [3.8, 4) is 0 Å². The number of aliphatic imine (C=N–C) groups is 2. The minimum Gasteiger partial charge on any atom is -0.475 e. The summed E-state index contributed by atoms with van der Waals surface area (Å²) in [6.45, 7) is 1.08. The molecule has 0 unspecified atom stereocenters. The SMILES string of the molecule is c1ccc(C2=N[C@@H]3COC(c4ccccc4)=N[C@@H]3CO2)cc1. The molecule has 0 saturated carbocycles. The van der Waals surface area contributed by atoms with Gasteiger partial charge in [0.25, 0.3) is 0 Å². The molecule has 2 aromatic carbocycles. The first kappa shape index (κ1) is 13.1. The first-order chi connectivity index (χ1) is 10.9. The summed E-state index contributed by atoms with van der Waals surface area (Å²) in [5.74, 6) is 1.37. The zero-order valence-corrected chi connectivity index (χ0v) is 12.1. The van der Waals surface area contributed by atoms with Gasteiger partial charge in [0, 0.05) is 11.1 Å². The maximum Gasteiger partial charge on any atom is 0.216 e. The van der Waals surface area contributed by atoms with Crippen LogP contribution in [-0.4, -0.2) is 37.1 Å². The molecule has 110 valence electrons. The highest BCUT2D eigenvalue weighted by Gasteiger charge is 2.32. The maximum absolute atomic E-state index is 5.81. The molecule has 2 atom stereocenters. The van der Waals surface area contributed by atoms with Crippen molar-refractivity contribution in [2.75, 3.05) is 13.2 Å². The van der Waals surface area contributed by atoms with E-state index >= 15 is 0 Å². The summed E-state index contributed by atoms with van der Waals surface area (Å²) < 4.78 is 11.6. The van der Waals surface area contributed by atoms with Gasteiger partial charge in [-0.05, 0) is 24.3 Å². The van der Waals surface area contributed by atoms with E-state index in [-0.39, 0.29) is 12.1 Å². The Morgan fingerprint density at radius 3 is 1.45 bits per heavy atom. The van der Waals surface area contributed by atoms with Crippen LogP contribution in [0.25, 0.3) is 0 Å². The summed E-state index contributed by atoms with van der Waals surface area (Å²) in [5.41, 5.74) is 2.00. The first-order valence-electron chi connectivity index (χ1n) is 7.42. The Bertz CT molecular complexity index is 647. The lowest BCUT2D eigenvalue weighted by atomic mass is 10.1. The average Bonchev–Trinajstić information content (AvgIpc) is 2.62. The van der Waals surface area contributed by atoms with Crippen molar-refractivity contribution in [3.63, 3.8) is 0 Å². The summed E-state index contributed by atoms with van der Waals surface area (Å²) in [5, 5.41) is 0. The summed E-state index contributed by atoms with van der Waals surface area (Å²) in [6, 6.07) is 19.9. The minimum atomic E-state index is 0.0245. The van der Waals surface area contributed by atoms with Crippen LogP contribution in [0.5, 0.6) is 0 Å². The number of fused-ring (bicyclic) bond motifs is 1. The Kier molecular flexibility index (Phi) is 3.35. The van der Waals surface area contributed by atoms with E-state index < -0.39 is 0 Å². The molecule has 0 aromatic heterocycles. The Morgan fingerprint density at radius 1 is 0.636 bits per heavy atom. The molecule has 0 spiro atoms. The predicted octanol–water partition coefficient (Wildman–Crippen LogP) is 2.68. The zero-order chi connectivity index (χ0) is 14.8. The molecule has 0 bridgehead atoms. The molecule has 0 fully saturated rings. The molecule has 0 saturated heterocycles. The second-order valence-corrected chi connectivity index (χ2v) is 5.36. The average molecular weight is 292 g/mol. The topological polar surface area (TPSA) is 43.2 Å². The second kappa shape index (κ2) is 5.64. The van der Waals surface area contributed by atoms with Crippen LogP contribution in [0.3, 0.4) is 0 Å². The van der Waals surface area contributed by atoms with Crippen LogP contribution < -0.4 is 0 Å². The van der Waals surface area contributed by atoms with E-state index in [1.807, 2.05) is 60.7 Å². The molecule has 2 heterocycles. The Morgan fingerprint density at radius 2 is 1.05 bits per heavy atom. The maximum atomic E-state index is 5.81. The number of ether oxygens (including phenoxy) is 2. The van der Waals surface area contributed by atoms with Crippen molar-refractivity contribution in [3.05, 3.63) is 71.8 Å². The van der Waals surface area contributed by atoms with Gasteiger partial charge >= 0.3 is 0 Å². The fourth-order valence-corrected chi connectivity index (χ4v) is 2.65. The third-order valence-electron chi connectivity index (χ3n) is 3.83. The van der Waals surface area contributed by atoms with Crippen LogP contribution in [0.4, 0.5) is 0 Å². The largest absolute Gasteiger partial charge is 0.475 e. The van der Waals surface area contributed by atoms with Gasteiger partial charge in [-0.25, -0.2) is 9.98 Å². The van der Waals surface area contributed by atoms with E-state index in [0.717, 1.165) is 11.1 Å². The van der Waals surface area contributed by atoms with Gasteiger partial charge < -0.3 is 9.47 Å². The lowest BCUT2D eigenvalue weighted by Gasteiger charge is -2.31. The Balaban J connectivity index is 1.58. The van der Waals surface area contributed by atoms with E-state index in [9.17, 15) is 0 Å². The molecule has 0 amide bonds. The van der Waals surface area contributed by atoms with E-state index in [1.54, 1.807) is 0 Å². The first-order valence-corrected chi connectivity index (χ1v) is 7.42. The number of nitrogens with zero attached hydrogens (tertiary/aromatic N) is 2. The van der Waals surface area contributed by atoms with Crippen molar-refractivity contribution >= 4 is 11.8 Å². The third-order valence-corrected chi connectivity index (χ3v) is 3.83. The molecule has 4 rings (SSSR count). The van der Waals surface area contributed by atoms with E-state index in [4.69, 9.17) is 9.47 Å². The molecule has 0 N–H and O–H groups in total. The minimum absolute atomic E-state index is 0.0245. The van der Waals surface area contributed by atoms with Gasteiger partial charge in [-0.15, -0.1) is 0 Å². The van der Waals surface area contributed by atoms with Gasteiger partial charge in [-0.3, -0.25) is 0 Å². The predicted molar refractivity (Wildman–Crippen MR) is 85.4 cm³/mol.